The van der Waals surface area contributed by atoms with Crippen molar-refractivity contribution in [2.45, 2.75) is 6.61 Å². The van der Waals surface area contributed by atoms with Crippen LogP contribution >= 0.6 is 15.9 Å². The maximum Gasteiger partial charge on any atom is 0.129 e. The molecular weight excluding hydrogens is 339 g/mol. The van der Waals surface area contributed by atoms with Gasteiger partial charge in [-0.1, -0.05) is 34.1 Å². The molecule has 0 unspecified atom stereocenters. The summed E-state index contributed by atoms with van der Waals surface area (Å²) in [6.45, 7) is 0.0560. The Labute approximate surface area is 129 Å². The highest BCUT2D eigenvalue weighted by Gasteiger charge is 2.05. The Morgan fingerprint density at radius 1 is 1.29 bits per heavy atom. The number of hydrogen-bond acceptors (Lipinski definition) is 3. The minimum atomic E-state index is -1.30. The molecule has 0 N–H and O–H groups in total. The van der Waals surface area contributed by atoms with Gasteiger partial charge in [0.25, 0.3) is 0 Å². The molecular formula is C16H11BrFO3-. The fourth-order valence-corrected chi connectivity index (χ4v) is 2.09. The lowest BCUT2D eigenvalue weighted by Gasteiger charge is -2.10. The predicted octanol–water partition coefficient (Wildman–Crippen LogP) is 2.93. The van der Waals surface area contributed by atoms with Gasteiger partial charge >= 0.3 is 0 Å². The van der Waals surface area contributed by atoms with E-state index in [9.17, 15) is 14.3 Å². The Morgan fingerprint density at radius 3 is 2.76 bits per heavy atom. The van der Waals surface area contributed by atoms with Crippen molar-refractivity contribution in [2.75, 3.05) is 0 Å². The summed E-state index contributed by atoms with van der Waals surface area (Å²) in [5, 5.41) is 10.5. The number of halogens is 2. The summed E-state index contributed by atoms with van der Waals surface area (Å²) in [4.78, 5) is 10.5. The van der Waals surface area contributed by atoms with Crippen molar-refractivity contribution in [1.82, 2.24) is 0 Å². The van der Waals surface area contributed by atoms with E-state index in [2.05, 4.69) is 15.9 Å². The molecule has 0 aliphatic heterocycles. The number of carboxylic acid groups (broad SMARTS) is 1. The van der Waals surface area contributed by atoms with Crippen molar-refractivity contribution in [2.24, 2.45) is 0 Å². The molecule has 108 valence electrons. The first kappa shape index (κ1) is 15.3. The van der Waals surface area contributed by atoms with Crippen molar-refractivity contribution in [3.63, 3.8) is 0 Å². The summed E-state index contributed by atoms with van der Waals surface area (Å²) in [6, 6.07) is 11.5. The summed E-state index contributed by atoms with van der Waals surface area (Å²) in [5.74, 6) is -1.18. The third kappa shape index (κ3) is 4.43. The van der Waals surface area contributed by atoms with Gasteiger partial charge in [0, 0.05) is 15.6 Å². The molecule has 0 bridgehead atoms. The molecule has 0 spiro atoms. The summed E-state index contributed by atoms with van der Waals surface area (Å²) in [6.07, 6.45) is 2.29. The molecule has 0 heterocycles. The first-order chi connectivity index (χ1) is 10.1. The maximum atomic E-state index is 13.5. The fourth-order valence-electron chi connectivity index (χ4n) is 1.71. The Kier molecular flexibility index (Phi) is 5.11. The molecule has 3 nitrogen and oxygen atoms in total. The van der Waals surface area contributed by atoms with E-state index in [1.807, 2.05) is 0 Å². The normalized spacial score (nSPS) is 10.8. The maximum absolute atomic E-state index is 13.5. The van der Waals surface area contributed by atoms with Crippen LogP contribution in [-0.4, -0.2) is 5.97 Å². The predicted molar refractivity (Wildman–Crippen MR) is 78.9 cm³/mol. The Morgan fingerprint density at radius 2 is 2.05 bits per heavy atom. The summed E-state index contributed by atoms with van der Waals surface area (Å²) < 4.78 is 19.9. The van der Waals surface area contributed by atoms with Crippen molar-refractivity contribution in [3.8, 4) is 5.75 Å². The second kappa shape index (κ2) is 7.04. The molecule has 0 fully saturated rings. The van der Waals surface area contributed by atoms with Crippen LogP contribution in [0.4, 0.5) is 4.39 Å². The van der Waals surface area contributed by atoms with E-state index in [0.29, 0.717) is 16.9 Å². The summed E-state index contributed by atoms with van der Waals surface area (Å²) in [5.41, 5.74) is 0.986. The van der Waals surface area contributed by atoms with Crippen LogP contribution in [0.3, 0.4) is 0 Å². The monoisotopic (exact) mass is 349 g/mol. The van der Waals surface area contributed by atoms with Gasteiger partial charge in [0.1, 0.15) is 18.2 Å². The van der Waals surface area contributed by atoms with Gasteiger partial charge < -0.3 is 14.6 Å². The smallest absolute Gasteiger partial charge is 0.129 e. The second-order valence-corrected chi connectivity index (χ2v) is 5.13. The first-order valence-corrected chi connectivity index (χ1v) is 6.90. The average Bonchev–Trinajstić information content (AvgIpc) is 2.45. The Hall–Kier alpha value is -2.14. The van der Waals surface area contributed by atoms with Crippen LogP contribution in [0.25, 0.3) is 6.08 Å². The quantitative estimate of drug-likeness (QED) is 0.779. The van der Waals surface area contributed by atoms with E-state index >= 15 is 0 Å². The van der Waals surface area contributed by atoms with E-state index in [4.69, 9.17) is 4.74 Å². The highest BCUT2D eigenvalue weighted by molar-refractivity contribution is 9.10. The topological polar surface area (TPSA) is 49.4 Å². The molecule has 0 aromatic heterocycles. The average molecular weight is 350 g/mol. The van der Waals surface area contributed by atoms with Crippen molar-refractivity contribution < 1.29 is 19.0 Å². The van der Waals surface area contributed by atoms with E-state index in [1.54, 1.807) is 36.4 Å². The fraction of sp³-hybridized carbons (Fsp3) is 0.0625. The molecule has 5 heteroatoms. The van der Waals surface area contributed by atoms with E-state index in [-0.39, 0.29) is 12.4 Å². The van der Waals surface area contributed by atoms with Gasteiger partial charge in [-0.3, -0.25) is 0 Å². The molecule has 2 aromatic rings. The lowest BCUT2D eigenvalue weighted by Crippen LogP contribution is -2.18. The number of rotatable bonds is 5. The van der Waals surface area contributed by atoms with Crippen LogP contribution in [0.5, 0.6) is 5.75 Å². The highest BCUT2D eigenvalue weighted by Crippen LogP contribution is 2.25. The number of benzene rings is 2. The van der Waals surface area contributed by atoms with E-state index in [0.717, 1.165) is 10.5 Å². The molecule has 0 aliphatic carbocycles. The number of carbonyl (C=O) groups excluding carboxylic acids is 1. The third-order valence-corrected chi connectivity index (χ3v) is 3.21. The molecule has 0 atom stereocenters. The van der Waals surface area contributed by atoms with Gasteiger partial charge in [-0.05, 0) is 36.4 Å². The van der Waals surface area contributed by atoms with Crippen LogP contribution in [0.2, 0.25) is 0 Å². The van der Waals surface area contributed by atoms with Gasteiger partial charge in [0.15, 0.2) is 0 Å². The number of carboxylic acids is 1. The van der Waals surface area contributed by atoms with Gasteiger partial charge in [0.2, 0.25) is 0 Å². The Balaban J connectivity index is 2.20. The Bertz CT molecular complexity index is 683. The van der Waals surface area contributed by atoms with Crippen LogP contribution in [0, 0.1) is 5.82 Å². The van der Waals surface area contributed by atoms with Gasteiger partial charge in [-0.2, -0.15) is 0 Å². The number of ether oxygens (including phenoxy) is 1. The molecule has 2 aromatic carbocycles. The van der Waals surface area contributed by atoms with Crippen LogP contribution in [0.1, 0.15) is 11.1 Å². The van der Waals surface area contributed by atoms with Gasteiger partial charge in [-0.25, -0.2) is 4.39 Å². The number of hydrogen-bond donors (Lipinski definition) is 0. The molecule has 2 rings (SSSR count). The van der Waals surface area contributed by atoms with Crippen LogP contribution in [-0.2, 0) is 11.4 Å². The zero-order valence-electron chi connectivity index (χ0n) is 10.9. The minimum Gasteiger partial charge on any atom is -0.545 e. The molecule has 0 saturated carbocycles. The molecule has 21 heavy (non-hydrogen) atoms. The second-order valence-electron chi connectivity index (χ2n) is 4.21. The largest absolute Gasteiger partial charge is 0.545 e. The summed E-state index contributed by atoms with van der Waals surface area (Å²) in [7, 11) is 0. The molecule has 0 amide bonds. The first-order valence-electron chi connectivity index (χ1n) is 6.11. The van der Waals surface area contributed by atoms with E-state index < -0.39 is 5.97 Å². The number of aliphatic carboxylic acids is 1. The number of carbonyl (C=O) groups is 1. The highest BCUT2D eigenvalue weighted by atomic mass is 79.9. The summed E-state index contributed by atoms with van der Waals surface area (Å²) >= 11 is 3.30. The van der Waals surface area contributed by atoms with Crippen LogP contribution < -0.4 is 9.84 Å². The molecule has 0 radical (unpaired) electrons. The molecule has 0 saturated heterocycles. The zero-order valence-corrected chi connectivity index (χ0v) is 12.5. The molecule has 0 aliphatic rings. The van der Waals surface area contributed by atoms with E-state index in [1.165, 1.54) is 12.1 Å². The van der Waals surface area contributed by atoms with Crippen molar-refractivity contribution >= 4 is 28.0 Å². The SMILES string of the molecule is O=C([O-])/C=C/c1cc(Br)ccc1OCc1ccccc1F. The lowest BCUT2D eigenvalue weighted by molar-refractivity contribution is -0.297. The van der Waals surface area contributed by atoms with Crippen LogP contribution in [0.15, 0.2) is 53.0 Å². The van der Waals surface area contributed by atoms with Gasteiger partial charge in [-0.15, -0.1) is 0 Å². The van der Waals surface area contributed by atoms with Crippen molar-refractivity contribution in [1.29, 1.82) is 0 Å². The minimum absolute atomic E-state index is 0.0560. The van der Waals surface area contributed by atoms with Crippen molar-refractivity contribution in [3.05, 3.63) is 70.0 Å². The third-order valence-electron chi connectivity index (χ3n) is 2.71. The van der Waals surface area contributed by atoms with Gasteiger partial charge in [0.05, 0.1) is 5.97 Å². The zero-order chi connectivity index (χ0) is 15.2. The lowest BCUT2D eigenvalue weighted by atomic mass is 10.2. The standard InChI is InChI=1S/C16H12BrFO3/c17-13-6-7-15(11(9-13)5-8-16(19)20)21-10-12-3-1-2-4-14(12)18/h1-9H,10H2,(H,19,20)/p-1/b8-5+.